The number of halogens is 3. The van der Waals surface area contributed by atoms with Crippen LogP contribution in [0.2, 0.25) is 0 Å². The number of aromatic nitrogens is 2. The van der Waals surface area contributed by atoms with Crippen LogP contribution in [0.4, 0.5) is 35.0 Å². The normalized spacial score (nSPS) is 13.2. The molecule has 0 saturated heterocycles. The second-order valence-electron chi connectivity index (χ2n) is 7.84. The number of benzene rings is 2. The Morgan fingerprint density at radius 2 is 1.88 bits per heavy atom. The third-order valence-corrected chi connectivity index (χ3v) is 5.74. The van der Waals surface area contributed by atoms with E-state index < -0.39 is 17.8 Å². The third kappa shape index (κ3) is 4.21. The number of anilines is 3. The summed E-state index contributed by atoms with van der Waals surface area (Å²) in [4.78, 5) is 22.3. The van der Waals surface area contributed by atoms with E-state index in [2.05, 4.69) is 25.5 Å². The Hall–Kier alpha value is -4.01. The second-order valence-corrected chi connectivity index (χ2v) is 7.84. The van der Waals surface area contributed by atoms with Crippen LogP contribution in [-0.4, -0.2) is 22.5 Å². The van der Waals surface area contributed by atoms with E-state index in [0.717, 1.165) is 52.9 Å². The summed E-state index contributed by atoms with van der Waals surface area (Å²) in [6.07, 6.45) is 0.0732. The number of fused-ring (bicyclic) bond motifs is 2. The lowest BCUT2D eigenvalue weighted by atomic mass is 10.1. The maximum atomic E-state index is 12.7. The molecule has 9 heteroatoms. The molecule has 6 nitrogen and oxygen atoms in total. The van der Waals surface area contributed by atoms with Crippen molar-refractivity contribution in [3.63, 3.8) is 0 Å². The first kappa shape index (κ1) is 20.9. The fourth-order valence-corrected chi connectivity index (χ4v) is 4.16. The van der Waals surface area contributed by atoms with Crippen LogP contribution >= 0.6 is 0 Å². The van der Waals surface area contributed by atoms with Gasteiger partial charge in [-0.05, 0) is 60.5 Å². The molecule has 0 bridgehead atoms. The van der Waals surface area contributed by atoms with Crippen LogP contribution in [0.25, 0.3) is 11.0 Å². The Labute approximate surface area is 187 Å². The maximum absolute atomic E-state index is 12.7. The summed E-state index contributed by atoms with van der Waals surface area (Å²) in [6, 6.07) is 13.5. The second kappa shape index (κ2) is 8.16. The topological polar surface area (TPSA) is 73.1 Å². The fourth-order valence-electron chi connectivity index (χ4n) is 4.16. The number of carbonyl (C=O) groups is 1. The van der Waals surface area contributed by atoms with Gasteiger partial charge in [0.15, 0.2) is 0 Å². The van der Waals surface area contributed by atoms with Crippen molar-refractivity contribution in [1.29, 1.82) is 0 Å². The predicted molar refractivity (Wildman–Crippen MR) is 121 cm³/mol. The van der Waals surface area contributed by atoms with Crippen molar-refractivity contribution < 1.29 is 18.0 Å². The molecule has 168 valence electrons. The van der Waals surface area contributed by atoms with Crippen LogP contribution in [0, 0.1) is 0 Å². The Balaban J connectivity index is 1.29. The smallest absolute Gasteiger partial charge is 0.367 e. The predicted octanol–water partition coefficient (Wildman–Crippen LogP) is 5.79. The number of amides is 2. The average molecular weight is 451 g/mol. The van der Waals surface area contributed by atoms with Crippen LogP contribution in [-0.2, 0) is 19.1 Å². The van der Waals surface area contributed by atoms with E-state index >= 15 is 0 Å². The number of alkyl halides is 3. The zero-order valence-electron chi connectivity index (χ0n) is 17.4. The Kier molecular flexibility index (Phi) is 5.16. The highest BCUT2D eigenvalue weighted by molar-refractivity contribution is 6.01. The molecule has 0 spiro atoms. The molecule has 3 N–H and O–H groups in total. The molecule has 0 fully saturated rings. The number of nitrogens with zero attached hydrogens (tertiary/aromatic N) is 2. The van der Waals surface area contributed by atoms with Crippen molar-refractivity contribution in [2.24, 2.45) is 0 Å². The molecule has 1 aliphatic heterocycles. The van der Waals surface area contributed by atoms with Gasteiger partial charge in [-0.15, -0.1) is 0 Å². The van der Waals surface area contributed by atoms with Crippen molar-refractivity contribution in [2.45, 2.75) is 19.1 Å². The number of pyridine rings is 1. The van der Waals surface area contributed by atoms with E-state index in [1.165, 1.54) is 12.1 Å². The summed E-state index contributed by atoms with van der Waals surface area (Å²) in [5.41, 5.74) is 4.26. The number of aromatic amines is 1. The number of nitrogens with one attached hydrogen (secondary N) is 3. The Bertz CT molecular complexity index is 1310. The van der Waals surface area contributed by atoms with Gasteiger partial charge in [-0.1, -0.05) is 6.07 Å². The molecular weight excluding hydrogens is 431 g/mol. The molecule has 1 aliphatic rings. The number of urea groups is 1. The number of carbonyl (C=O) groups excluding carboxylic acids is 1. The number of H-pyrrole nitrogens is 1. The molecule has 0 aliphatic carbocycles. The minimum Gasteiger partial charge on any atom is -0.367 e. The molecule has 5 rings (SSSR count). The van der Waals surface area contributed by atoms with Crippen molar-refractivity contribution in [1.82, 2.24) is 9.97 Å². The van der Waals surface area contributed by atoms with Crippen molar-refractivity contribution in [2.75, 3.05) is 22.1 Å². The van der Waals surface area contributed by atoms with Gasteiger partial charge in [-0.2, -0.15) is 13.2 Å². The first-order valence-electron chi connectivity index (χ1n) is 10.4. The van der Waals surface area contributed by atoms with Gasteiger partial charge in [0, 0.05) is 53.5 Å². The number of hydrogen-bond donors (Lipinski definition) is 3. The first-order valence-corrected chi connectivity index (χ1v) is 10.4. The summed E-state index contributed by atoms with van der Waals surface area (Å²) in [5, 5.41) is 6.50. The first-order chi connectivity index (χ1) is 15.9. The lowest BCUT2D eigenvalue weighted by molar-refractivity contribution is -0.137. The zero-order valence-corrected chi connectivity index (χ0v) is 17.4. The lowest BCUT2D eigenvalue weighted by Crippen LogP contribution is -2.20. The van der Waals surface area contributed by atoms with Gasteiger partial charge in [0.1, 0.15) is 5.65 Å². The zero-order chi connectivity index (χ0) is 23.0. The van der Waals surface area contributed by atoms with E-state index in [1.54, 1.807) is 6.20 Å². The highest BCUT2D eigenvalue weighted by Gasteiger charge is 2.30. The van der Waals surface area contributed by atoms with E-state index in [9.17, 15) is 18.0 Å². The van der Waals surface area contributed by atoms with Crippen LogP contribution in [0.3, 0.4) is 0 Å². The molecule has 0 radical (unpaired) electrons. The summed E-state index contributed by atoms with van der Waals surface area (Å²) in [5.74, 6) is 0. The van der Waals surface area contributed by atoms with Crippen LogP contribution < -0.4 is 15.5 Å². The summed E-state index contributed by atoms with van der Waals surface area (Å²) in [7, 11) is 0. The van der Waals surface area contributed by atoms with E-state index in [1.807, 2.05) is 36.5 Å². The third-order valence-electron chi connectivity index (χ3n) is 5.74. The van der Waals surface area contributed by atoms with E-state index in [0.29, 0.717) is 12.2 Å². The fraction of sp³-hybridized carbons (Fsp3) is 0.167. The van der Waals surface area contributed by atoms with Crippen LogP contribution in [0.1, 0.15) is 16.7 Å². The van der Waals surface area contributed by atoms with Gasteiger partial charge >= 0.3 is 12.2 Å². The lowest BCUT2D eigenvalue weighted by Gasteiger charge is -2.19. The van der Waals surface area contributed by atoms with E-state index in [4.69, 9.17) is 0 Å². The number of rotatable bonds is 4. The summed E-state index contributed by atoms with van der Waals surface area (Å²) < 4.78 is 38.1. The van der Waals surface area contributed by atoms with Crippen LogP contribution in [0.15, 0.2) is 67.0 Å². The average Bonchev–Trinajstić information content (AvgIpc) is 3.39. The maximum Gasteiger partial charge on any atom is 0.416 e. The molecule has 2 aromatic heterocycles. The van der Waals surface area contributed by atoms with E-state index in [-0.39, 0.29) is 5.69 Å². The molecule has 0 saturated carbocycles. The van der Waals surface area contributed by atoms with Crippen molar-refractivity contribution >= 4 is 34.1 Å². The Morgan fingerprint density at radius 1 is 1.06 bits per heavy atom. The molecule has 0 unspecified atom stereocenters. The summed E-state index contributed by atoms with van der Waals surface area (Å²) in [6.45, 7) is 1.52. The van der Waals surface area contributed by atoms with Crippen molar-refractivity contribution in [3.8, 4) is 0 Å². The highest BCUT2D eigenvalue weighted by atomic mass is 19.4. The molecule has 33 heavy (non-hydrogen) atoms. The SMILES string of the molecule is O=C(Nc1ccc(C(F)(F)F)cc1)Nc1cccc2c1CCN2Cc1c[nH]c2ncccc12. The quantitative estimate of drug-likeness (QED) is 0.368. The molecule has 2 amide bonds. The van der Waals surface area contributed by atoms with Crippen LogP contribution in [0.5, 0.6) is 0 Å². The van der Waals surface area contributed by atoms with Gasteiger partial charge in [0.05, 0.1) is 5.56 Å². The standard InChI is InChI=1S/C24H20F3N5O/c25-24(26,27)16-6-8-17(9-7-16)30-23(33)31-20-4-1-5-21-19(20)10-12-32(21)14-15-13-29-22-18(15)3-2-11-28-22/h1-9,11,13H,10,12,14H2,(H,28,29)(H2,30,31,33). The minimum atomic E-state index is -4.42. The van der Waals surface area contributed by atoms with Crippen molar-refractivity contribution in [3.05, 3.63) is 83.7 Å². The number of hydrogen-bond acceptors (Lipinski definition) is 3. The molecule has 0 atom stereocenters. The summed E-state index contributed by atoms with van der Waals surface area (Å²) >= 11 is 0. The minimum absolute atomic E-state index is 0.280. The monoisotopic (exact) mass is 451 g/mol. The van der Waals surface area contributed by atoms with Gasteiger partial charge in [-0.25, -0.2) is 9.78 Å². The molecule has 3 heterocycles. The highest BCUT2D eigenvalue weighted by Crippen LogP contribution is 2.35. The van der Waals surface area contributed by atoms with Gasteiger partial charge in [0.25, 0.3) is 0 Å². The molecule has 4 aromatic rings. The van der Waals surface area contributed by atoms with Gasteiger partial charge < -0.3 is 20.5 Å². The van der Waals surface area contributed by atoms with Gasteiger partial charge in [0.2, 0.25) is 0 Å². The van der Waals surface area contributed by atoms with Gasteiger partial charge in [-0.3, -0.25) is 0 Å². The molecule has 2 aromatic carbocycles. The Morgan fingerprint density at radius 3 is 2.67 bits per heavy atom. The molecular formula is C24H20F3N5O. The largest absolute Gasteiger partial charge is 0.416 e.